The summed E-state index contributed by atoms with van der Waals surface area (Å²) in [6, 6.07) is 44.3. The van der Waals surface area contributed by atoms with Crippen molar-refractivity contribution in [3.05, 3.63) is 144 Å². The summed E-state index contributed by atoms with van der Waals surface area (Å²) in [7, 11) is 1.99. The molecule has 0 fully saturated rings. The molecule has 47 heavy (non-hydrogen) atoms. The minimum atomic E-state index is -0.316. The van der Waals surface area contributed by atoms with Crippen molar-refractivity contribution in [3.8, 4) is 44.8 Å². The van der Waals surface area contributed by atoms with E-state index in [0.717, 1.165) is 22.8 Å². The number of aryl methyl sites for hydroxylation is 1. The Morgan fingerprint density at radius 3 is 1.36 bits per heavy atom. The van der Waals surface area contributed by atoms with Crippen LogP contribution in [-0.4, -0.2) is 14.8 Å². The van der Waals surface area contributed by atoms with Crippen molar-refractivity contribution in [3.63, 3.8) is 0 Å². The molecule has 3 nitrogen and oxygen atoms in total. The summed E-state index contributed by atoms with van der Waals surface area (Å²) in [4.78, 5) is 5.10. The number of aromatic nitrogens is 3. The Kier molecular flexibility index (Phi) is 8.30. The van der Waals surface area contributed by atoms with E-state index < -0.39 is 0 Å². The van der Waals surface area contributed by atoms with Gasteiger partial charge in [0.05, 0.1) is 5.41 Å². The van der Waals surface area contributed by atoms with E-state index in [0.29, 0.717) is 0 Å². The third-order valence-electron chi connectivity index (χ3n) is 9.37. The Morgan fingerprint density at radius 1 is 0.426 bits per heavy atom. The molecule has 1 aromatic heterocycles. The number of hydrogen-bond acceptors (Lipinski definition) is 2. The van der Waals surface area contributed by atoms with E-state index in [2.05, 4.69) is 171 Å². The van der Waals surface area contributed by atoms with Gasteiger partial charge in [-0.3, -0.25) is 0 Å². The van der Waals surface area contributed by atoms with Gasteiger partial charge in [0.1, 0.15) is 0 Å². The van der Waals surface area contributed by atoms with Gasteiger partial charge in [0, 0.05) is 12.6 Å². The fourth-order valence-corrected chi connectivity index (χ4v) is 6.18. The number of benzene rings is 5. The zero-order chi connectivity index (χ0) is 33.6. The van der Waals surface area contributed by atoms with Crippen molar-refractivity contribution in [2.24, 2.45) is 7.05 Å². The van der Waals surface area contributed by atoms with Crippen molar-refractivity contribution in [2.75, 3.05) is 0 Å². The zero-order valence-corrected chi connectivity index (χ0v) is 29.4. The van der Waals surface area contributed by atoms with Crippen LogP contribution < -0.4 is 0 Å². The summed E-state index contributed by atoms with van der Waals surface area (Å²) >= 11 is 0. The lowest BCUT2D eigenvalue weighted by atomic mass is 9.84. The molecule has 0 amide bonds. The number of hydrogen-bond donors (Lipinski definition) is 0. The summed E-state index contributed by atoms with van der Waals surface area (Å²) < 4.78 is 1.91. The SMILES string of the molecule is Cn1nc(C(C)(C)c2ccccc2)nc1-c1cccc(-c2cc(-c3ccc(C(C)(C)C)cc3)cc(-c3ccc(C(C)(C)C)cc3)c2)c1. The molecule has 0 atom stereocenters. The molecular weight excluding hydrogens is 571 g/mol. The van der Waals surface area contributed by atoms with Crippen molar-refractivity contribution < 1.29 is 0 Å². The lowest BCUT2D eigenvalue weighted by Gasteiger charge is -2.21. The maximum Gasteiger partial charge on any atom is 0.161 e. The molecular formula is C44H47N3. The van der Waals surface area contributed by atoms with Crippen molar-refractivity contribution >= 4 is 0 Å². The molecule has 0 aliphatic heterocycles. The molecule has 1 heterocycles. The van der Waals surface area contributed by atoms with Gasteiger partial charge in [-0.1, -0.05) is 139 Å². The second-order valence-electron chi connectivity index (χ2n) is 15.4. The van der Waals surface area contributed by atoms with Gasteiger partial charge in [-0.2, -0.15) is 5.10 Å². The largest absolute Gasteiger partial charge is 0.249 e. The monoisotopic (exact) mass is 617 g/mol. The molecule has 238 valence electrons. The third kappa shape index (κ3) is 6.72. The summed E-state index contributed by atoms with van der Waals surface area (Å²) in [5.74, 6) is 1.67. The Balaban J connectivity index is 1.44. The van der Waals surface area contributed by atoms with Crippen LogP contribution in [0.5, 0.6) is 0 Å². The highest BCUT2D eigenvalue weighted by atomic mass is 15.3. The van der Waals surface area contributed by atoms with Gasteiger partial charge < -0.3 is 0 Å². The van der Waals surface area contributed by atoms with E-state index in [1.165, 1.54) is 44.5 Å². The lowest BCUT2D eigenvalue weighted by Crippen LogP contribution is -2.21. The minimum Gasteiger partial charge on any atom is -0.249 e. The van der Waals surface area contributed by atoms with Crippen molar-refractivity contribution in [2.45, 2.75) is 71.6 Å². The first-order valence-electron chi connectivity index (χ1n) is 16.6. The van der Waals surface area contributed by atoms with Crippen LogP contribution in [0.25, 0.3) is 44.8 Å². The highest BCUT2D eigenvalue weighted by Crippen LogP contribution is 2.37. The maximum absolute atomic E-state index is 5.10. The molecule has 0 saturated heterocycles. The molecule has 5 aromatic carbocycles. The van der Waals surface area contributed by atoms with Crippen molar-refractivity contribution in [1.82, 2.24) is 14.8 Å². The van der Waals surface area contributed by atoms with Gasteiger partial charge in [-0.25, -0.2) is 9.67 Å². The first-order chi connectivity index (χ1) is 22.2. The molecule has 3 heteroatoms. The molecule has 6 rings (SSSR count). The normalized spacial score (nSPS) is 12.4. The second kappa shape index (κ2) is 12.1. The number of nitrogens with zero attached hydrogens (tertiary/aromatic N) is 3. The highest BCUT2D eigenvalue weighted by molar-refractivity contribution is 5.82. The predicted octanol–water partition coefficient (Wildman–Crippen LogP) is 11.4. The van der Waals surface area contributed by atoms with Gasteiger partial charge in [-0.15, -0.1) is 0 Å². The molecule has 0 aliphatic carbocycles. The molecule has 0 saturated carbocycles. The molecule has 0 radical (unpaired) electrons. The van der Waals surface area contributed by atoms with E-state index in [4.69, 9.17) is 10.1 Å². The predicted molar refractivity (Wildman–Crippen MR) is 199 cm³/mol. The standard InChI is InChI=1S/C44H47N3/c1-42(2,3)37-22-18-30(19-23-37)34-27-35(31-20-24-38(25-21-31)43(4,5)6)29-36(28-34)32-14-13-15-33(26-32)40-45-41(46-47(40)9)44(7,8)39-16-11-10-12-17-39/h10-29H,1-9H3. The van der Waals surface area contributed by atoms with E-state index >= 15 is 0 Å². The molecule has 0 unspecified atom stereocenters. The maximum atomic E-state index is 5.10. The van der Waals surface area contributed by atoms with Gasteiger partial charge >= 0.3 is 0 Å². The van der Waals surface area contributed by atoms with Gasteiger partial charge in [0.15, 0.2) is 11.6 Å². The first-order valence-corrected chi connectivity index (χ1v) is 16.6. The van der Waals surface area contributed by atoms with Gasteiger partial charge in [0.2, 0.25) is 0 Å². The Hall–Kier alpha value is -4.76. The summed E-state index contributed by atoms with van der Waals surface area (Å²) in [6.45, 7) is 17.9. The Morgan fingerprint density at radius 2 is 0.872 bits per heavy atom. The number of rotatable bonds is 6. The fraction of sp³-hybridized carbons (Fsp3) is 0.273. The van der Waals surface area contributed by atoms with Crippen LogP contribution in [0.3, 0.4) is 0 Å². The zero-order valence-electron chi connectivity index (χ0n) is 29.4. The van der Waals surface area contributed by atoms with Crippen LogP contribution in [0.2, 0.25) is 0 Å². The van der Waals surface area contributed by atoms with Crippen LogP contribution in [0.15, 0.2) is 121 Å². The van der Waals surface area contributed by atoms with E-state index in [9.17, 15) is 0 Å². The lowest BCUT2D eigenvalue weighted by molar-refractivity contribution is 0.580. The van der Waals surface area contributed by atoms with Gasteiger partial charge in [0.25, 0.3) is 0 Å². The average molecular weight is 618 g/mol. The third-order valence-corrected chi connectivity index (χ3v) is 9.37. The molecule has 0 aliphatic rings. The van der Waals surface area contributed by atoms with E-state index in [1.807, 2.05) is 17.8 Å². The fourth-order valence-electron chi connectivity index (χ4n) is 6.18. The summed E-state index contributed by atoms with van der Waals surface area (Å²) in [6.07, 6.45) is 0. The smallest absolute Gasteiger partial charge is 0.161 e. The second-order valence-corrected chi connectivity index (χ2v) is 15.4. The van der Waals surface area contributed by atoms with Crippen LogP contribution in [-0.2, 0) is 23.3 Å². The van der Waals surface area contributed by atoms with Crippen LogP contribution in [0.1, 0.15) is 77.9 Å². The van der Waals surface area contributed by atoms with Gasteiger partial charge in [-0.05, 0) is 99.0 Å². The summed E-state index contributed by atoms with van der Waals surface area (Å²) in [5, 5.41) is 4.90. The van der Waals surface area contributed by atoms with Crippen LogP contribution in [0.4, 0.5) is 0 Å². The molecule has 0 N–H and O–H groups in total. The first kappa shape index (κ1) is 32.2. The molecule has 0 bridgehead atoms. The topological polar surface area (TPSA) is 30.7 Å². The van der Waals surface area contributed by atoms with Crippen LogP contribution in [0, 0.1) is 0 Å². The average Bonchev–Trinajstić information content (AvgIpc) is 3.46. The van der Waals surface area contributed by atoms with Crippen LogP contribution >= 0.6 is 0 Å². The summed E-state index contributed by atoms with van der Waals surface area (Å²) in [5.41, 5.74) is 12.0. The van der Waals surface area contributed by atoms with E-state index in [1.54, 1.807) is 0 Å². The Bertz CT molecular complexity index is 1920. The Labute approximate surface area is 281 Å². The quantitative estimate of drug-likeness (QED) is 0.186. The minimum absolute atomic E-state index is 0.108. The highest BCUT2D eigenvalue weighted by Gasteiger charge is 2.29. The van der Waals surface area contributed by atoms with E-state index in [-0.39, 0.29) is 16.2 Å². The van der Waals surface area contributed by atoms with Crippen molar-refractivity contribution in [1.29, 1.82) is 0 Å². The molecule has 6 aromatic rings. The molecule has 0 spiro atoms.